The molecule has 0 radical (unpaired) electrons. The van der Waals surface area contributed by atoms with Gasteiger partial charge >= 0.3 is 6.09 Å². The van der Waals surface area contributed by atoms with Gasteiger partial charge in [-0.1, -0.05) is 25.5 Å². The van der Waals surface area contributed by atoms with E-state index in [0.717, 1.165) is 58.6 Å². The van der Waals surface area contributed by atoms with Gasteiger partial charge in [0.05, 0.1) is 35.7 Å². The van der Waals surface area contributed by atoms with E-state index in [1.165, 1.54) is 6.42 Å². The highest BCUT2D eigenvalue weighted by Crippen LogP contribution is 2.43. The van der Waals surface area contributed by atoms with Crippen LogP contribution in [0.15, 0.2) is 42.5 Å². The minimum Gasteiger partial charge on any atom is -0.494 e. The van der Waals surface area contributed by atoms with Crippen LogP contribution in [-0.2, 0) is 4.74 Å². The Balaban J connectivity index is 1.73. The Labute approximate surface area is 194 Å². The molecule has 1 saturated carbocycles. The number of unbranched alkanes of at least 4 members (excludes halogenated alkanes) is 1. The maximum Gasteiger partial charge on any atom is 0.428 e. The molecule has 1 aliphatic rings. The zero-order valence-corrected chi connectivity index (χ0v) is 19.2. The highest BCUT2D eigenvalue weighted by atomic mass is 16.6. The molecule has 0 aliphatic heterocycles. The number of amides is 1. The predicted molar refractivity (Wildman–Crippen MR) is 129 cm³/mol. The van der Waals surface area contributed by atoms with Crippen LogP contribution in [-0.4, -0.2) is 23.9 Å². The van der Waals surface area contributed by atoms with E-state index in [0.29, 0.717) is 30.5 Å². The lowest BCUT2D eigenvalue weighted by Gasteiger charge is -2.30. The average molecular weight is 447 g/mol. The summed E-state index contributed by atoms with van der Waals surface area (Å²) in [5, 5.41) is 12.0. The van der Waals surface area contributed by atoms with Gasteiger partial charge in [0.25, 0.3) is 0 Å². The van der Waals surface area contributed by atoms with Crippen LogP contribution in [0.1, 0.15) is 57.6 Å². The van der Waals surface area contributed by atoms with Crippen molar-refractivity contribution in [3.63, 3.8) is 0 Å². The van der Waals surface area contributed by atoms with Gasteiger partial charge in [-0.05, 0) is 68.5 Å². The molecule has 1 aliphatic carbocycles. The number of hydrazine groups is 1. The number of hydrogen-bond donors (Lipinski definition) is 1. The summed E-state index contributed by atoms with van der Waals surface area (Å²) in [5.41, 5.74) is 4.01. The van der Waals surface area contributed by atoms with Crippen LogP contribution in [0.3, 0.4) is 0 Å². The second-order valence-corrected chi connectivity index (χ2v) is 8.29. The minimum absolute atomic E-state index is 0.345. The number of benzene rings is 2. The predicted octanol–water partition coefficient (Wildman–Crippen LogP) is 5.92. The molecule has 1 amide bonds. The molecular formula is C26H30N4O3. The largest absolute Gasteiger partial charge is 0.494 e. The number of nitrogens with two attached hydrogens (primary N) is 1. The first kappa shape index (κ1) is 22.7. The van der Waals surface area contributed by atoms with Crippen LogP contribution >= 0.6 is 0 Å². The van der Waals surface area contributed by atoms with Gasteiger partial charge in [0, 0.05) is 11.4 Å². The van der Waals surface area contributed by atoms with E-state index in [4.69, 9.17) is 15.3 Å². The van der Waals surface area contributed by atoms with Gasteiger partial charge in [0.15, 0.2) is 0 Å². The second-order valence-electron chi connectivity index (χ2n) is 8.29. The summed E-state index contributed by atoms with van der Waals surface area (Å²) in [5.74, 6) is 6.73. The Morgan fingerprint density at radius 1 is 1.21 bits per heavy atom. The smallest absolute Gasteiger partial charge is 0.428 e. The number of anilines is 1. The van der Waals surface area contributed by atoms with Crippen LogP contribution in [0.4, 0.5) is 10.5 Å². The Kier molecular flexibility index (Phi) is 6.85. The Bertz CT molecular complexity index is 1170. The molecule has 1 fully saturated rings. The number of nitriles is 1. The monoisotopic (exact) mass is 446 g/mol. The number of carbonyl (C=O) groups excluding carboxylic acids is 1. The van der Waals surface area contributed by atoms with Crippen LogP contribution in [0, 0.1) is 11.3 Å². The van der Waals surface area contributed by atoms with Crippen molar-refractivity contribution >= 4 is 22.7 Å². The average Bonchev–Trinajstić information content (AvgIpc) is 3.11. The van der Waals surface area contributed by atoms with Crippen molar-refractivity contribution in [2.75, 3.05) is 18.2 Å². The molecule has 7 nitrogen and oxygen atoms in total. The summed E-state index contributed by atoms with van der Waals surface area (Å²) < 4.78 is 13.2. The summed E-state index contributed by atoms with van der Waals surface area (Å²) in [6, 6.07) is 16.1. The lowest BCUT2D eigenvalue weighted by molar-refractivity contribution is 0.152. The van der Waals surface area contributed by atoms with Crippen LogP contribution < -0.4 is 15.6 Å². The standard InChI is InChI=1S/C26H30N4O3/c1-3-5-15-33-26(31)30(28)20-11-9-18(10-12-20)25-23(17-27)22-16-21(32-4-2)13-14-24(22)29(25)19-7-6-8-19/h9-14,16,19H,3-8,15,28H2,1-2H3. The summed E-state index contributed by atoms with van der Waals surface area (Å²) in [6.45, 7) is 4.89. The molecule has 3 aromatic rings. The number of carbonyl (C=O) groups is 1. The van der Waals surface area contributed by atoms with Crippen molar-refractivity contribution in [2.24, 2.45) is 5.84 Å². The number of ether oxygens (including phenoxy) is 2. The normalized spacial score (nSPS) is 13.4. The lowest BCUT2D eigenvalue weighted by atomic mass is 9.92. The molecule has 0 saturated heterocycles. The van der Waals surface area contributed by atoms with Crippen LogP contribution in [0.2, 0.25) is 0 Å². The maximum absolute atomic E-state index is 12.2. The third-order valence-electron chi connectivity index (χ3n) is 6.18. The zero-order valence-electron chi connectivity index (χ0n) is 19.2. The van der Waals surface area contributed by atoms with Gasteiger partial charge in [-0.15, -0.1) is 0 Å². The molecule has 1 heterocycles. The number of hydrogen-bond acceptors (Lipinski definition) is 5. The first-order valence-corrected chi connectivity index (χ1v) is 11.6. The fraction of sp³-hybridized carbons (Fsp3) is 0.385. The van der Waals surface area contributed by atoms with Crippen molar-refractivity contribution in [3.8, 4) is 23.1 Å². The third kappa shape index (κ3) is 4.39. The van der Waals surface area contributed by atoms with E-state index in [1.54, 1.807) is 12.1 Å². The van der Waals surface area contributed by atoms with E-state index in [-0.39, 0.29) is 0 Å². The van der Waals surface area contributed by atoms with Gasteiger partial charge < -0.3 is 14.0 Å². The van der Waals surface area contributed by atoms with Crippen molar-refractivity contribution < 1.29 is 14.3 Å². The molecule has 172 valence electrons. The number of aromatic nitrogens is 1. The topological polar surface area (TPSA) is 93.5 Å². The Morgan fingerprint density at radius 3 is 2.58 bits per heavy atom. The van der Waals surface area contributed by atoms with Crippen molar-refractivity contribution in [3.05, 3.63) is 48.0 Å². The number of rotatable bonds is 8. The number of nitrogens with zero attached hydrogens (tertiary/aromatic N) is 3. The third-order valence-corrected chi connectivity index (χ3v) is 6.18. The first-order valence-electron chi connectivity index (χ1n) is 11.6. The zero-order chi connectivity index (χ0) is 23.4. The molecule has 4 rings (SSSR count). The summed E-state index contributed by atoms with van der Waals surface area (Å²) >= 11 is 0. The molecule has 0 atom stereocenters. The maximum atomic E-state index is 12.2. The van der Waals surface area contributed by atoms with Gasteiger partial charge in [0.2, 0.25) is 0 Å². The quantitative estimate of drug-likeness (QED) is 0.201. The van der Waals surface area contributed by atoms with E-state index < -0.39 is 6.09 Å². The Hall–Kier alpha value is -3.50. The molecular weight excluding hydrogens is 416 g/mol. The van der Waals surface area contributed by atoms with Gasteiger partial charge in [0.1, 0.15) is 11.8 Å². The first-order chi connectivity index (χ1) is 16.1. The summed E-state index contributed by atoms with van der Waals surface area (Å²) in [7, 11) is 0. The van der Waals surface area contributed by atoms with Crippen molar-refractivity contribution in [1.82, 2.24) is 4.57 Å². The number of fused-ring (bicyclic) bond motifs is 1. The molecule has 2 N–H and O–H groups in total. The molecule has 0 spiro atoms. The van der Waals surface area contributed by atoms with Gasteiger partial charge in [-0.25, -0.2) is 15.6 Å². The minimum atomic E-state index is -0.582. The Morgan fingerprint density at radius 2 is 1.97 bits per heavy atom. The molecule has 33 heavy (non-hydrogen) atoms. The molecule has 7 heteroatoms. The molecule has 0 unspecified atom stereocenters. The van der Waals surface area contributed by atoms with Gasteiger partial charge in [-0.3, -0.25) is 0 Å². The molecule has 2 aromatic carbocycles. The second kappa shape index (κ2) is 9.97. The fourth-order valence-electron chi connectivity index (χ4n) is 4.23. The van der Waals surface area contributed by atoms with E-state index >= 15 is 0 Å². The summed E-state index contributed by atoms with van der Waals surface area (Å²) in [4.78, 5) is 12.2. The van der Waals surface area contributed by atoms with Crippen LogP contribution in [0.25, 0.3) is 22.2 Å². The molecule has 1 aromatic heterocycles. The van der Waals surface area contributed by atoms with Crippen molar-refractivity contribution in [1.29, 1.82) is 5.26 Å². The molecule has 0 bridgehead atoms. The van der Waals surface area contributed by atoms with E-state index in [2.05, 4.69) is 10.6 Å². The highest BCUT2D eigenvalue weighted by molar-refractivity contribution is 5.96. The van der Waals surface area contributed by atoms with Gasteiger partial charge in [-0.2, -0.15) is 5.26 Å². The van der Waals surface area contributed by atoms with E-state index in [1.807, 2.05) is 44.2 Å². The van der Waals surface area contributed by atoms with E-state index in [9.17, 15) is 10.1 Å². The SMILES string of the molecule is CCCCOC(=O)N(N)c1ccc(-c2c(C#N)c3cc(OCC)ccc3n2C2CCC2)cc1. The van der Waals surface area contributed by atoms with Crippen molar-refractivity contribution in [2.45, 2.75) is 52.0 Å². The lowest BCUT2D eigenvalue weighted by Crippen LogP contribution is -2.38. The fourth-order valence-corrected chi connectivity index (χ4v) is 4.23. The van der Waals surface area contributed by atoms with Crippen LogP contribution in [0.5, 0.6) is 5.75 Å². The summed E-state index contributed by atoms with van der Waals surface area (Å²) in [6.07, 6.45) is 4.52. The highest BCUT2D eigenvalue weighted by Gasteiger charge is 2.28.